The maximum atomic E-state index is 13.7. The molecule has 106 valence electrons. The van der Waals surface area contributed by atoms with Crippen molar-refractivity contribution in [3.63, 3.8) is 0 Å². The Balaban J connectivity index is 2.28. The first-order chi connectivity index (χ1) is 9.52. The summed E-state index contributed by atoms with van der Waals surface area (Å²) in [5.41, 5.74) is 2.78. The van der Waals surface area contributed by atoms with Crippen LogP contribution in [0.4, 0.5) is 17.6 Å². The molecular weight excluding hydrogens is 272 g/mol. The number of rotatable bonds is 4. The summed E-state index contributed by atoms with van der Waals surface area (Å²) in [4.78, 5) is 0. The number of hydrazine groups is 1. The minimum absolute atomic E-state index is 0.0252. The van der Waals surface area contributed by atoms with Gasteiger partial charge in [-0.25, -0.2) is 17.6 Å². The highest BCUT2D eigenvalue weighted by Gasteiger charge is 2.18. The molecule has 3 N–H and O–H groups in total. The SMILES string of the molecule is NNC(Cc1ccc(F)c(F)c1)c1cccc(F)c1F. The van der Waals surface area contributed by atoms with E-state index in [1.165, 1.54) is 18.2 Å². The van der Waals surface area contributed by atoms with Crippen molar-refractivity contribution in [3.8, 4) is 0 Å². The molecule has 2 nitrogen and oxygen atoms in total. The van der Waals surface area contributed by atoms with Crippen LogP contribution >= 0.6 is 0 Å². The molecule has 6 heteroatoms. The van der Waals surface area contributed by atoms with Gasteiger partial charge in [-0.2, -0.15) is 0 Å². The molecule has 1 atom stereocenters. The van der Waals surface area contributed by atoms with Gasteiger partial charge in [-0.3, -0.25) is 11.3 Å². The van der Waals surface area contributed by atoms with Crippen molar-refractivity contribution in [1.29, 1.82) is 0 Å². The number of hydrogen-bond acceptors (Lipinski definition) is 2. The lowest BCUT2D eigenvalue weighted by Gasteiger charge is -2.17. The topological polar surface area (TPSA) is 38.0 Å². The molecule has 20 heavy (non-hydrogen) atoms. The van der Waals surface area contributed by atoms with Gasteiger partial charge in [0.2, 0.25) is 0 Å². The monoisotopic (exact) mass is 284 g/mol. The minimum Gasteiger partial charge on any atom is -0.271 e. The fourth-order valence-corrected chi connectivity index (χ4v) is 1.95. The Morgan fingerprint density at radius 3 is 2.35 bits per heavy atom. The number of benzene rings is 2. The van der Waals surface area contributed by atoms with Crippen molar-refractivity contribution in [2.24, 2.45) is 5.84 Å². The zero-order valence-corrected chi connectivity index (χ0v) is 10.3. The van der Waals surface area contributed by atoms with Crippen LogP contribution in [-0.4, -0.2) is 0 Å². The molecule has 0 aromatic heterocycles. The van der Waals surface area contributed by atoms with Crippen LogP contribution < -0.4 is 11.3 Å². The summed E-state index contributed by atoms with van der Waals surface area (Å²) in [5.74, 6) is 1.35. The Hall–Kier alpha value is -1.92. The maximum absolute atomic E-state index is 13.7. The highest BCUT2D eigenvalue weighted by atomic mass is 19.2. The lowest BCUT2D eigenvalue weighted by Crippen LogP contribution is -2.30. The van der Waals surface area contributed by atoms with E-state index in [0.29, 0.717) is 5.56 Å². The standard InChI is InChI=1S/C14H12F4N2/c15-10-5-4-8(6-12(10)17)7-13(20-19)9-2-1-3-11(16)14(9)18/h1-6,13,20H,7,19H2. The van der Waals surface area contributed by atoms with Gasteiger partial charge in [-0.05, 0) is 30.2 Å². The molecule has 0 saturated heterocycles. The molecule has 0 spiro atoms. The van der Waals surface area contributed by atoms with Gasteiger partial charge < -0.3 is 0 Å². The second kappa shape index (κ2) is 6.02. The Morgan fingerprint density at radius 2 is 1.70 bits per heavy atom. The molecule has 1 unspecified atom stereocenters. The fourth-order valence-electron chi connectivity index (χ4n) is 1.95. The minimum atomic E-state index is -1.02. The van der Waals surface area contributed by atoms with Crippen molar-refractivity contribution < 1.29 is 17.6 Å². The predicted octanol–water partition coefficient (Wildman–Crippen LogP) is 2.99. The molecule has 2 rings (SSSR count). The average molecular weight is 284 g/mol. The smallest absolute Gasteiger partial charge is 0.163 e. The molecule has 2 aromatic rings. The highest BCUT2D eigenvalue weighted by molar-refractivity contribution is 5.26. The molecule has 0 saturated carbocycles. The van der Waals surface area contributed by atoms with Crippen LogP contribution in [0.25, 0.3) is 0 Å². The van der Waals surface area contributed by atoms with Crippen molar-refractivity contribution in [1.82, 2.24) is 5.43 Å². The number of hydrogen-bond donors (Lipinski definition) is 2. The Kier molecular flexibility index (Phi) is 4.36. The second-order valence-corrected chi connectivity index (χ2v) is 4.31. The number of nitrogens with two attached hydrogens (primary N) is 1. The molecule has 0 amide bonds. The van der Waals surface area contributed by atoms with E-state index >= 15 is 0 Å². The first-order valence-corrected chi connectivity index (χ1v) is 5.87. The van der Waals surface area contributed by atoms with Crippen LogP contribution in [0.3, 0.4) is 0 Å². The third-order valence-corrected chi connectivity index (χ3v) is 2.98. The summed E-state index contributed by atoms with van der Waals surface area (Å²) < 4.78 is 52.8. The quantitative estimate of drug-likeness (QED) is 0.514. The van der Waals surface area contributed by atoms with Crippen LogP contribution in [0.5, 0.6) is 0 Å². The van der Waals surface area contributed by atoms with E-state index in [1.807, 2.05) is 0 Å². The summed E-state index contributed by atoms with van der Waals surface area (Å²) in [7, 11) is 0. The number of nitrogens with one attached hydrogen (secondary N) is 1. The van der Waals surface area contributed by atoms with Gasteiger partial charge in [-0.15, -0.1) is 0 Å². The van der Waals surface area contributed by atoms with Gasteiger partial charge in [-0.1, -0.05) is 18.2 Å². The molecule has 0 aliphatic rings. The molecule has 0 aliphatic heterocycles. The summed E-state index contributed by atoms with van der Waals surface area (Å²) in [6, 6.07) is 6.29. The molecule has 0 bridgehead atoms. The van der Waals surface area contributed by atoms with E-state index in [9.17, 15) is 17.6 Å². The van der Waals surface area contributed by atoms with E-state index in [2.05, 4.69) is 5.43 Å². The van der Waals surface area contributed by atoms with Crippen LogP contribution in [0.15, 0.2) is 36.4 Å². The van der Waals surface area contributed by atoms with Crippen LogP contribution in [0.1, 0.15) is 17.2 Å². The van der Waals surface area contributed by atoms with Gasteiger partial charge in [0.1, 0.15) is 0 Å². The summed E-state index contributed by atoms with van der Waals surface area (Å²) >= 11 is 0. The van der Waals surface area contributed by atoms with Crippen LogP contribution in [-0.2, 0) is 6.42 Å². The maximum Gasteiger partial charge on any atom is 0.163 e. The lowest BCUT2D eigenvalue weighted by molar-refractivity contribution is 0.462. The molecular formula is C14H12F4N2. The third-order valence-electron chi connectivity index (χ3n) is 2.98. The highest BCUT2D eigenvalue weighted by Crippen LogP contribution is 2.23. The molecule has 0 fully saturated rings. The number of halogens is 4. The third kappa shape index (κ3) is 2.97. The average Bonchev–Trinajstić information content (AvgIpc) is 2.43. The van der Waals surface area contributed by atoms with Gasteiger partial charge in [0.05, 0.1) is 6.04 Å². The van der Waals surface area contributed by atoms with Gasteiger partial charge in [0.15, 0.2) is 23.3 Å². The van der Waals surface area contributed by atoms with E-state index in [-0.39, 0.29) is 12.0 Å². The predicted molar refractivity (Wildman–Crippen MR) is 66.5 cm³/mol. The largest absolute Gasteiger partial charge is 0.271 e. The van der Waals surface area contributed by atoms with Crippen molar-refractivity contribution in [2.75, 3.05) is 0 Å². The molecule has 2 aromatic carbocycles. The van der Waals surface area contributed by atoms with E-state index in [4.69, 9.17) is 5.84 Å². The van der Waals surface area contributed by atoms with Crippen molar-refractivity contribution >= 4 is 0 Å². The first kappa shape index (κ1) is 14.5. The van der Waals surface area contributed by atoms with E-state index in [0.717, 1.165) is 18.2 Å². The Morgan fingerprint density at radius 1 is 0.950 bits per heavy atom. The summed E-state index contributed by atoms with van der Waals surface area (Å²) in [5, 5.41) is 0. The van der Waals surface area contributed by atoms with E-state index in [1.54, 1.807) is 0 Å². The lowest BCUT2D eigenvalue weighted by atomic mass is 9.98. The van der Waals surface area contributed by atoms with Gasteiger partial charge in [0.25, 0.3) is 0 Å². The van der Waals surface area contributed by atoms with E-state index < -0.39 is 29.3 Å². The summed E-state index contributed by atoms with van der Waals surface area (Å²) in [6.45, 7) is 0. The Bertz CT molecular complexity index is 616. The zero-order chi connectivity index (χ0) is 14.7. The van der Waals surface area contributed by atoms with Crippen LogP contribution in [0.2, 0.25) is 0 Å². The van der Waals surface area contributed by atoms with Crippen molar-refractivity contribution in [3.05, 3.63) is 70.8 Å². The Labute approximate surface area is 113 Å². The molecule has 0 heterocycles. The first-order valence-electron chi connectivity index (χ1n) is 5.87. The molecule has 0 aliphatic carbocycles. The normalized spacial score (nSPS) is 12.4. The van der Waals surface area contributed by atoms with Crippen LogP contribution in [0, 0.1) is 23.3 Å². The fraction of sp³-hybridized carbons (Fsp3) is 0.143. The summed E-state index contributed by atoms with van der Waals surface area (Å²) in [6.07, 6.45) is 0.0913. The van der Waals surface area contributed by atoms with Crippen molar-refractivity contribution in [2.45, 2.75) is 12.5 Å². The van der Waals surface area contributed by atoms with Gasteiger partial charge in [0, 0.05) is 5.56 Å². The second-order valence-electron chi connectivity index (χ2n) is 4.31. The zero-order valence-electron chi connectivity index (χ0n) is 10.3. The van der Waals surface area contributed by atoms with Gasteiger partial charge >= 0.3 is 0 Å². The molecule has 0 radical (unpaired) electrons.